The largest absolute Gasteiger partial charge is 0.354 e. The third kappa shape index (κ3) is 4.05. The molecule has 0 aromatic carbocycles. The van der Waals surface area contributed by atoms with Crippen molar-refractivity contribution in [2.75, 3.05) is 40.8 Å². The van der Waals surface area contributed by atoms with Gasteiger partial charge in [-0.2, -0.15) is 0 Å². The van der Waals surface area contributed by atoms with E-state index in [9.17, 15) is 0 Å². The van der Waals surface area contributed by atoms with Crippen molar-refractivity contribution in [3.05, 3.63) is 18.7 Å². The van der Waals surface area contributed by atoms with Crippen LogP contribution in [0.2, 0.25) is 0 Å². The Bertz CT molecular complexity index is 573. The van der Waals surface area contributed by atoms with Crippen molar-refractivity contribution < 1.29 is 0 Å². The second-order valence-electron chi connectivity index (χ2n) is 8.37. The van der Waals surface area contributed by atoms with Gasteiger partial charge in [0, 0.05) is 44.6 Å². The number of nitrogens with zero attached hydrogens (tertiary/aromatic N) is 5. The molecule has 0 radical (unpaired) electrons. The van der Waals surface area contributed by atoms with Gasteiger partial charge in [-0.15, -0.1) is 0 Å². The Morgan fingerprint density at radius 3 is 2.69 bits per heavy atom. The number of aliphatic imine (C=N–C) groups is 1. The molecule has 1 aliphatic carbocycles. The monoisotopic (exact) mass is 360 g/mol. The number of piperidine rings is 1. The molecule has 2 atom stereocenters. The summed E-state index contributed by atoms with van der Waals surface area (Å²) in [5, 5.41) is 3.72. The number of likely N-dealkylation sites (tertiary alicyclic amines) is 1. The van der Waals surface area contributed by atoms with Gasteiger partial charge in [-0.3, -0.25) is 4.99 Å². The molecule has 146 valence electrons. The summed E-state index contributed by atoms with van der Waals surface area (Å²) in [5.74, 6) is 1.71. The molecule has 1 saturated carbocycles. The van der Waals surface area contributed by atoms with Crippen molar-refractivity contribution >= 4 is 5.96 Å². The van der Waals surface area contributed by atoms with Gasteiger partial charge < -0.3 is 19.7 Å². The summed E-state index contributed by atoms with van der Waals surface area (Å²) >= 11 is 0. The molecule has 1 N–H and O–H groups in total. The zero-order chi connectivity index (χ0) is 18.6. The van der Waals surface area contributed by atoms with Crippen LogP contribution in [0.3, 0.4) is 0 Å². The van der Waals surface area contributed by atoms with E-state index in [1.165, 1.54) is 38.5 Å². The normalized spacial score (nSPS) is 27.0. The lowest BCUT2D eigenvalue weighted by atomic mass is 9.80. The number of rotatable bonds is 4. The quantitative estimate of drug-likeness (QED) is 0.662. The number of aromatic nitrogens is 2. The summed E-state index contributed by atoms with van der Waals surface area (Å²) in [6.07, 6.45) is 13.7. The highest BCUT2D eigenvalue weighted by atomic mass is 15.3. The molecule has 2 heterocycles. The van der Waals surface area contributed by atoms with Crippen molar-refractivity contribution in [2.24, 2.45) is 10.9 Å². The number of likely N-dealkylation sites (N-methyl/N-ethyl adjacent to an activating group) is 1. The van der Waals surface area contributed by atoms with Crippen LogP contribution >= 0.6 is 0 Å². The molecule has 6 nitrogen and oxygen atoms in total. The van der Waals surface area contributed by atoms with E-state index in [0.29, 0.717) is 12.0 Å². The topological polar surface area (TPSA) is 48.7 Å². The number of hydrogen-bond acceptors (Lipinski definition) is 3. The van der Waals surface area contributed by atoms with Crippen LogP contribution in [0.15, 0.2) is 23.7 Å². The first-order valence-corrected chi connectivity index (χ1v) is 10.2. The van der Waals surface area contributed by atoms with Gasteiger partial charge in [0.05, 0.1) is 12.4 Å². The van der Waals surface area contributed by atoms with E-state index in [4.69, 9.17) is 0 Å². The molecule has 2 aliphatic rings. The first-order chi connectivity index (χ1) is 12.6. The minimum atomic E-state index is 0.265. The maximum absolute atomic E-state index is 4.62. The second-order valence-corrected chi connectivity index (χ2v) is 8.37. The smallest absolute Gasteiger partial charge is 0.193 e. The predicted molar refractivity (Wildman–Crippen MR) is 107 cm³/mol. The van der Waals surface area contributed by atoms with Crippen molar-refractivity contribution in [2.45, 2.75) is 57.0 Å². The van der Waals surface area contributed by atoms with Crippen LogP contribution in [-0.2, 0) is 0 Å². The molecule has 0 bridgehead atoms. The molecule has 1 saturated heterocycles. The van der Waals surface area contributed by atoms with Crippen molar-refractivity contribution in [3.8, 4) is 0 Å². The SMILES string of the molecule is CN=C(NCC1(N(C)C)CCCCC1)N1CCC(C)C(n2ccnc2)C1. The zero-order valence-electron chi connectivity index (χ0n) is 17.0. The van der Waals surface area contributed by atoms with Gasteiger partial charge >= 0.3 is 0 Å². The van der Waals surface area contributed by atoms with Crippen LogP contribution in [0.5, 0.6) is 0 Å². The second kappa shape index (κ2) is 8.42. The van der Waals surface area contributed by atoms with Crippen LogP contribution in [0.4, 0.5) is 0 Å². The summed E-state index contributed by atoms with van der Waals surface area (Å²) in [7, 11) is 6.37. The Labute approximate surface area is 158 Å². The van der Waals surface area contributed by atoms with Crippen LogP contribution in [0.25, 0.3) is 0 Å². The third-order valence-electron chi connectivity index (χ3n) is 6.65. The van der Waals surface area contributed by atoms with Crippen LogP contribution in [-0.4, -0.2) is 71.6 Å². The Morgan fingerprint density at radius 1 is 1.31 bits per heavy atom. The summed E-state index contributed by atoms with van der Waals surface area (Å²) in [6, 6.07) is 0.460. The number of hydrogen-bond donors (Lipinski definition) is 1. The summed E-state index contributed by atoms with van der Waals surface area (Å²) in [4.78, 5) is 13.7. The van der Waals surface area contributed by atoms with Crippen molar-refractivity contribution in [3.63, 3.8) is 0 Å². The lowest BCUT2D eigenvalue weighted by molar-refractivity contribution is 0.102. The van der Waals surface area contributed by atoms with E-state index >= 15 is 0 Å². The fraction of sp³-hybridized carbons (Fsp3) is 0.800. The lowest BCUT2D eigenvalue weighted by Crippen LogP contribution is -2.57. The maximum atomic E-state index is 4.62. The van der Waals surface area contributed by atoms with E-state index < -0.39 is 0 Å². The molecule has 2 fully saturated rings. The van der Waals surface area contributed by atoms with Gasteiger partial charge in [0.25, 0.3) is 0 Å². The third-order valence-corrected chi connectivity index (χ3v) is 6.65. The van der Waals surface area contributed by atoms with E-state index in [-0.39, 0.29) is 5.54 Å². The van der Waals surface area contributed by atoms with Crippen LogP contribution in [0, 0.1) is 5.92 Å². The molecule has 3 rings (SSSR count). The highest BCUT2D eigenvalue weighted by Crippen LogP contribution is 2.32. The molecule has 6 heteroatoms. The number of imidazole rings is 1. The zero-order valence-corrected chi connectivity index (χ0v) is 17.0. The highest BCUT2D eigenvalue weighted by Gasteiger charge is 2.35. The molecule has 26 heavy (non-hydrogen) atoms. The van der Waals surface area contributed by atoms with Crippen LogP contribution < -0.4 is 5.32 Å². The van der Waals surface area contributed by atoms with E-state index in [1.54, 1.807) is 0 Å². The average Bonchev–Trinajstić information content (AvgIpc) is 3.18. The van der Waals surface area contributed by atoms with Gasteiger partial charge in [-0.05, 0) is 39.3 Å². The molecule has 1 aromatic rings. The predicted octanol–water partition coefficient (Wildman–Crippen LogP) is 2.61. The molecule has 1 aliphatic heterocycles. The molecule has 1 aromatic heterocycles. The Kier molecular flexibility index (Phi) is 6.22. The minimum absolute atomic E-state index is 0.265. The Balaban J connectivity index is 1.65. The van der Waals surface area contributed by atoms with Crippen LogP contribution in [0.1, 0.15) is 51.5 Å². The average molecular weight is 361 g/mol. The van der Waals surface area contributed by atoms with Crippen molar-refractivity contribution in [1.29, 1.82) is 0 Å². The van der Waals surface area contributed by atoms with Gasteiger partial charge in [0.15, 0.2) is 5.96 Å². The van der Waals surface area contributed by atoms with E-state index in [2.05, 4.69) is 56.9 Å². The first-order valence-electron chi connectivity index (χ1n) is 10.2. The van der Waals surface area contributed by atoms with Gasteiger partial charge in [0.2, 0.25) is 0 Å². The van der Waals surface area contributed by atoms with Crippen molar-refractivity contribution in [1.82, 2.24) is 24.7 Å². The van der Waals surface area contributed by atoms with E-state index in [0.717, 1.165) is 25.6 Å². The highest BCUT2D eigenvalue weighted by molar-refractivity contribution is 5.80. The molecule has 2 unspecified atom stereocenters. The molecular weight excluding hydrogens is 324 g/mol. The van der Waals surface area contributed by atoms with Gasteiger partial charge in [-0.25, -0.2) is 4.98 Å². The van der Waals surface area contributed by atoms with E-state index in [1.807, 2.05) is 19.6 Å². The fourth-order valence-electron chi connectivity index (χ4n) is 4.66. The summed E-state index contributed by atoms with van der Waals surface area (Å²) in [5.41, 5.74) is 0.265. The molecular formula is C20H36N6. The number of nitrogens with one attached hydrogen (secondary N) is 1. The minimum Gasteiger partial charge on any atom is -0.354 e. The molecule has 0 amide bonds. The fourth-order valence-corrected chi connectivity index (χ4v) is 4.66. The maximum Gasteiger partial charge on any atom is 0.193 e. The first kappa shape index (κ1) is 19.2. The summed E-state index contributed by atoms with van der Waals surface area (Å²) < 4.78 is 2.26. The Hall–Kier alpha value is -1.56. The lowest BCUT2D eigenvalue weighted by Gasteiger charge is -2.45. The molecule has 0 spiro atoms. The Morgan fingerprint density at radius 2 is 2.08 bits per heavy atom. The standard InChI is InChI=1S/C20H36N6/c1-17-8-12-25(14-18(17)26-13-11-22-16-26)19(21-2)23-15-20(24(3)4)9-6-5-7-10-20/h11,13,16-18H,5-10,12,14-15H2,1-4H3,(H,21,23). The van der Waals surface area contributed by atoms with Gasteiger partial charge in [0.1, 0.15) is 0 Å². The van der Waals surface area contributed by atoms with Gasteiger partial charge in [-0.1, -0.05) is 26.2 Å². The summed E-state index contributed by atoms with van der Waals surface area (Å²) in [6.45, 7) is 5.39. The number of guanidine groups is 1.